The molecule has 1 atom stereocenters. The highest BCUT2D eigenvalue weighted by Gasteiger charge is 2.18. The first-order chi connectivity index (χ1) is 6.34. The molecule has 0 N–H and O–H groups in total. The molecule has 2 aliphatic carbocycles. The standard InChI is InChI=1S/C12H19Cl/c13-12-7-6-11(9-12)8-10-4-2-1-3-5-10/h9-10,12H,1-8H2. The van der Waals surface area contributed by atoms with Crippen molar-refractivity contribution in [1.29, 1.82) is 0 Å². The van der Waals surface area contributed by atoms with Gasteiger partial charge in [0.1, 0.15) is 0 Å². The Morgan fingerprint density at radius 1 is 1.15 bits per heavy atom. The fourth-order valence-corrected chi connectivity index (χ4v) is 2.97. The van der Waals surface area contributed by atoms with E-state index in [1.807, 2.05) is 0 Å². The van der Waals surface area contributed by atoms with Crippen LogP contribution in [0.2, 0.25) is 0 Å². The smallest absolute Gasteiger partial charge is 0.0521 e. The van der Waals surface area contributed by atoms with Crippen molar-refractivity contribution in [3.8, 4) is 0 Å². The molecular weight excluding hydrogens is 180 g/mol. The van der Waals surface area contributed by atoms with Crippen molar-refractivity contribution in [3.05, 3.63) is 11.6 Å². The van der Waals surface area contributed by atoms with Gasteiger partial charge in [-0.3, -0.25) is 0 Å². The van der Waals surface area contributed by atoms with Gasteiger partial charge < -0.3 is 0 Å². The van der Waals surface area contributed by atoms with Crippen molar-refractivity contribution in [2.75, 3.05) is 0 Å². The fourth-order valence-electron chi connectivity index (χ4n) is 2.68. The van der Waals surface area contributed by atoms with E-state index < -0.39 is 0 Å². The predicted molar refractivity (Wildman–Crippen MR) is 58.2 cm³/mol. The van der Waals surface area contributed by atoms with E-state index in [9.17, 15) is 0 Å². The van der Waals surface area contributed by atoms with Gasteiger partial charge in [-0.25, -0.2) is 0 Å². The largest absolute Gasteiger partial charge is 0.118 e. The summed E-state index contributed by atoms with van der Waals surface area (Å²) in [7, 11) is 0. The molecule has 2 rings (SSSR count). The van der Waals surface area contributed by atoms with E-state index in [1.165, 1.54) is 51.4 Å². The summed E-state index contributed by atoms with van der Waals surface area (Å²) in [6.45, 7) is 0. The minimum absolute atomic E-state index is 0.346. The predicted octanol–water partition coefficient (Wildman–Crippen LogP) is 4.28. The van der Waals surface area contributed by atoms with Crippen LogP contribution < -0.4 is 0 Å². The second-order valence-electron chi connectivity index (χ2n) is 4.59. The summed E-state index contributed by atoms with van der Waals surface area (Å²) in [6.07, 6.45) is 13.4. The number of rotatable bonds is 2. The van der Waals surface area contributed by atoms with Gasteiger partial charge in [0, 0.05) is 0 Å². The number of halogens is 1. The summed E-state index contributed by atoms with van der Waals surface area (Å²) in [5.74, 6) is 0.988. The van der Waals surface area contributed by atoms with Gasteiger partial charge in [-0.15, -0.1) is 11.6 Å². The number of hydrogen-bond donors (Lipinski definition) is 0. The summed E-state index contributed by atoms with van der Waals surface area (Å²) in [6, 6.07) is 0. The Morgan fingerprint density at radius 2 is 1.92 bits per heavy atom. The van der Waals surface area contributed by atoms with Gasteiger partial charge >= 0.3 is 0 Å². The fraction of sp³-hybridized carbons (Fsp3) is 0.833. The van der Waals surface area contributed by atoms with E-state index in [0.717, 1.165) is 5.92 Å². The molecule has 0 amide bonds. The third kappa shape index (κ3) is 2.74. The zero-order valence-corrected chi connectivity index (χ0v) is 9.02. The first kappa shape index (κ1) is 9.58. The number of alkyl halides is 1. The van der Waals surface area contributed by atoms with Crippen LogP contribution in [0.5, 0.6) is 0 Å². The van der Waals surface area contributed by atoms with Gasteiger partial charge in [0.05, 0.1) is 5.38 Å². The number of hydrogen-bond acceptors (Lipinski definition) is 0. The molecule has 0 heterocycles. The van der Waals surface area contributed by atoms with Crippen molar-refractivity contribution in [2.45, 2.75) is 56.7 Å². The highest BCUT2D eigenvalue weighted by molar-refractivity contribution is 6.22. The minimum atomic E-state index is 0.346. The highest BCUT2D eigenvalue weighted by Crippen LogP contribution is 2.33. The molecule has 0 aromatic rings. The average Bonchev–Trinajstić information content (AvgIpc) is 2.53. The Labute approximate surface area is 86.4 Å². The first-order valence-corrected chi connectivity index (χ1v) is 6.12. The van der Waals surface area contributed by atoms with Gasteiger partial charge in [-0.05, 0) is 25.2 Å². The molecule has 1 heteroatoms. The van der Waals surface area contributed by atoms with Gasteiger partial charge in [-0.1, -0.05) is 43.8 Å². The molecule has 0 spiro atoms. The summed E-state index contributed by atoms with van der Waals surface area (Å²) in [5, 5.41) is 0.346. The molecule has 0 aromatic carbocycles. The second kappa shape index (κ2) is 4.50. The van der Waals surface area contributed by atoms with Crippen LogP contribution in [-0.2, 0) is 0 Å². The summed E-state index contributed by atoms with van der Waals surface area (Å²) in [4.78, 5) is 0. The monoisotopic (exact) mass is 198 g/mol. The Hall–Kier alpha value is 0.0300. The van der Waals surface area contributed by atoms with Gasteiger partial charge in [0.2, 0.25) is 0 Å². The molecule has 0 aliphatic heterocycles. The van der Waals surface area contributed by atoms with Crippen LogP contribution in [-0.4, -0.2) is 5.38 Å². The number of allylic oxidation sites excluding steroid dienone is 2. The molecule has 0 bridgehead atoms. The van der Waals surface area contributed by atoms with Crippen molar-refractivity contribution in [2.24, 2.45) is 5.92 Å². The van der Waals surface area contributed by atoms with Crippen LogP contribution in [0, 0.1) is 5.92 Å². The van der Waals surface area contributed by atoms with Crippen LogP contribution in [0.4, 0.5) is 0 Å². The lowest BCUT2D eigenvalue weighted by molar-refractivity contribution is 0.354. The SMILES string of the molecule is ClC1C=C(CC2CCCCC2)CC1. The highest BCUT2D eigenvalue weighted by atomic mass is 35.5. The molecule has 74 valence electrons. The molecule has 1 saturated carbocycles. The van der Waals surface area contributed by atoms with Crippen LogP contribution in [0.15, 0.2) is 11.6 Å². The van der Waals surface area contributed by atoms with Crippen molar-refractivity contribution in [3.63, 3.8) is 0 Å². The minimum Gasteiger partial charge on any atom is -0.118 e. The maximum absolute atomic E-state index is 6.05. The van der Waals surface area contributed by atoms with E-state index >= 15 is 0 Å². The van der Waals surface area contributed by atoms with E-state index in [0.29, 0.717) is 5.38 Å². The van der Waals surface area contributed by atoms with E-state index in [2.05, 4.69) is 6.08 Å². The van der Waals surface area contributed by atoms with Crippen LogP contribution >= 0.6 is 11.6 Å². The van der Waals surface area contributed by atoms with Crippen LogP contribution in [0.3, 0.4) is 0 Å². The molecule has 0 radical (unpaired) electrons. The van der Waals surface area contributed by atoms with Gasteiger partial charge in [-0.2, -0.15) is 0 Å². The molecule has 0 nitrogen and oxygen atoms in total. The van der Waals surface area contributed by atoms with E-state index in [1.54, 1.807) is 5.57 Å². The average molecular weight is 199 g/mol. The molecule has 1 fully saturated rings. The molecule has 0 aromatic heterocycles. The normalized spacial score (nSPS) is 30.5. The van der Waals surface area contributed by atoms with E-state index in [4.69, 9.17) is 11.6 Å². The summed E-state index contributed by atoms with van der Waals surface area (Å²) in [5.41, 5.74) is 1.65. The Morgan fingerprint density at radius 3 is 2.54 bits per heavy atom. The summed E-state index contributed by atoms with van der Waals surface area (Å²) < 4.78 is 0. The zero-order chi connectivity index (χ0) is 9.10. The second-order valence-corrected chi connectivity index (χ2v) is 5.15. The topological polar surface area (TPSA) is 0 Å². The van der Waals surface area contributed by atoms with Gasteiger partial charge in [0.15, 0.2) is 0 Å². The summed E-state index contributed by atoms with van der Waals surface area (Å²) >= 11 is 6.05. The molecular formula is C12H19Cl. The lowest BCUT2D eigenvalue weighted by Gasteiger charge is -2.21. The van der Waals surface area contributed by atoms with Gasteiger partial charge in [0.25, 0.3) is 0 Å². The van der Waals surface area contributed by atoms with E-state index in [-0.39, 0.29) is 0 Å². The van der Waals surface area contributed by atoms with Crippen molar-refractivity contribution in [1.82, 2.24) is 0 Å². The van der Waals surface area contributed by atoms with Crippen LogP contribution in [0.25, 0.3) is 0 Å². The Balaban J connectivity index is 1.80. The van der Waals surface area contributed by atoms with Crippen LogP contribution in [0.1, 0.15) is 51.4 Å². The van der Waals surface area contributed by atoms with Crippen molar-refractivity contribution < 1.29 is 0 Å². The molecule has 0 saturated heterocycles. The Bertz CT molecular complexity index is 189. The quantitative estimate of drug-likeness (QED) is 0.459. The first-order valence-electron chi connectivity index (χ1n) is 5.68. The lowest BCUT2D eigenvalue weighted by atomic mass is 9.84. The molecule has 1 unspecified atom stereocenters. The zero-order valence-electron chi connectivity index (χ0n) is 8.27. The lowest BCUT2D eigenvalue weighted by Crippen LogP contribution is -2.06. The molecule has 13 heavy (non-hydrogen) atoms. The third-order valence-electron chi connectivity index (χ3n) is 3.43. The van der Waals surface area contributed by atoms with Crippen molar-refractivity contribution >= 4 is 11.6 Å². The Kier molecular flexibility index (Phi) is 3.32. The maximum Gasteiger partial charge on any atom is 0.0521 e. The molecule has 2 aliphatic rings. The maximum atomic E-state index is 6.05. The third-order valence-corrected chi connectivity index (χ3v) is 3.78.